The monoisotopic (exact) mass is 289 g/mol. The molecule has 0 aromatic heterocycles. The lowest BCUT2D eigenvalue weighted by Gasteiger charge is -2.29. The molecule has 6 heteroatoms. The predicted octanol–water partition coefficient (Wildman–Crippen LogP) is 0.439. The topological polar surface area (TPSA) is 61.9 Å². The zero-order valence-electron chi connectivity index (χ0n) is 11.8. The van der Waals surface area contributed by atoms with E-state index in [9.17, 15) is 9.59 Å². The lowest BCUT2D eigenvalue weighted by Crippen LogP contribution is -2.46. The van der Waals surface area contributed by atoms with Crippen LogP contribution in [0.5, 0.6) is 0 Å². The minimum Gasteiger partial charge on any atom is -0.379 e. The highest BCUT2D eigenvalue weighted by Gasteiger charge is 2.38. The Morgan fingerprint density at radius 3 is 2.57 bits per heavy atom. The number of carbonyl (C=O) groups is 2. The number of imide groups is 1. The van der Waals surface area contributed by atoms with E-state index in [0.717, 1.165) is 18.7 Å². The second-order valence-corrected chi connectivity index (χ2v) is 5.33. The van der Waals surface area contributed by atoms with Gasteiger partial charge in [0.15, 0.2) is 0 Å². The molecule has 3 amide bonds. The van der Waals surface area contributed by atoms with Crippen molar-refractivity contribution in [1.29, 1.82) is 0 Å². The van der Waals surface area contributed by atoms with Crippen LogP contribution in [0.15, 0.2) is 30.3 Å². The number of hydrogen-bond acceptors (Lipinski definition) is 4. The molecule has 1 aromatic rings. The molecule has 112 valence electrons. The van der Waals surface area contributed by atoms with E-state index < -0.39 is 6.04 Å². The summed E-state index contributed by atoms with van der Waals surface area (Å²) in [5, 5.41) is 2.77. The van der Waals surface area contributed by atoms with Crippen molar-refractivity contribution >= 4 is 11.9 Å². The standard InChI is InChI=1S/C15H19N3O3/c19-14-13(10-12-4-2-1-3-5-12)16-15(20)18(14)11-17-6-8-21-9-7-17/h1-5,13H,6-11H2,(H,16,20)/t13-/m1/s1. The van der Waals surface area contributed by atoms with Gasteiger partial charge in [-0.25, -0.2) is 9.69 Å². The highest BCUT2D eigenvalue weighted by Crippen LogP contribution is 2.13. The molecule has 1 N–H and O–H groups in total. The van der Waals surface area contributed by atoms with E-state index in [2.05, 4.69) is 10.2 Å². The third kappa shape index (κ3) is 3.22. The summed E-state index contributed by atoms with van der Waals surface area (Å²) in [4.78, 5) is 27.7. The van der Waals surface area contributed by atoms with Gasteiger partial charge in [0.1, 0.15) is 6.04 Å². The Bertz CT molecular complexity index is 514. The highest BCUT2D eigenvalue weighted by molar-refractivity contribution is 6.04. The van der Waals surface area contributed by atoms with E-state index >= 15 is 0 Å². The molecular weight excluding hydrogens is 270 g/mol. The number of nitrogens with one attached hydrogen (secondary N) is 1. The van der Waals surface area contributed by atoms with Crippen LogP contribution in [0.4, 0.5) is 4.79 Å². The minimum absolute atomic E-state index is 0.143. The van der Waals surface area contributed by atoms with E-state index in [0.29, 0.717) is 26.3 Å². The molecule has 3 rings (SSSR count). The molecule has 0 bridgehead atoms. The van der Waals surface area contributed by atoms with Crippen LogP contribution in [0.25, 0.3) is 0 Å². The fourth-order valence-electron chi connectivity index (χ4n) is 2.64. The summed E-state index contributed by atoms with van der Waals surface area (Å²) in [5.41, 5.74) is 1.05. The van der Waals surface area contributed by atoms with Gasteiger partial charge < -0.3 is 10.1 Å². The van der Waals surface area contributed by atoms with E-state index in [-0.39, 0.29) is 11.9 Å². The van der Waals surface area contributed by atoms with Crippen molar-refractivity contribution in [2.24, 2.45) is 0 Å². The van der Waals surface area contributed by atoms with Crippen LogP contribution >= 0.6 is 0 Å². The fraction of sp³-hybridized carbons (Fsp3) is 0.467. The van der Waals surface area contributed by atoms with Crippen molar-refractivity contribution in [3.05, 3.63) is 35.9 Å². The average molecular weight is 289 g/mol. The van der Waals surface area contributed by atoms with E-state index in [1.807, 2.05) is 30.3 Å². The van der Waals surface area contributed by atoms with E-state index in [1.165, 1.54) is 4.90 Å². The maximum absolute atomic E-state index is 12.4. The van der Waals surface area contributed by atoms with Crippen molar-refractivity contribution in [2.75, 3.05) is 33.0 Å². The summed E-state index contributed by atoms with van der Waals surface area (Å²) in [7, 11) is 0. The van der Waals surface area contributed by atoms with Crippen molar-refractivity contribution < 1.29 is 14.3 Å². The number of hydrogen-bond donors (Lipinski definition) is 1. The zero-order valence-corrected chi connectivity index (χ0v) is 11.8. The summed E-state index contributed by atoms with van der Waals surface area (Å²) < 4.78 is 5.27. The van der Waals surface area contributed by atoms with Gasteiger partial charge in [0.2, 0.25) is 0 Å². The van der Waals surface area contributed by atoms with Gasteiger partial charge in [0.05, 0.1) is 19.9 Å². The summed E-state index contributed by atoms with van der Waals surface area (Å²) in [6, 6.07) is 8.97. The van der Waals surface area contributed by atoms with Gasteiger partial charge in [-0.15, -0.1) is 0 Å². The lowest BCUT2D eigenvalue weighted by atomic mass is 10.1. The normalized spacial score (nSPS) is 23.4. The number of urea groups is 1. The van der Waals surface area contributed by atoms with Gasteiger partial charge in [0, 0.05) is 19.5 Å². The number of amides is 3. The van der Waals surface area contributed by atoms with E-state index in [4.69, 9.17) is 4.74 Å². The van der Waals surface area contributed by atoms with Gasteiger partial charge >= 0.3 is 6.03 Å². The first-order valence-electron chi connectivity index (χ1n) is 7.20. The molecule has 6 nitrogen and oxygen atoms in total. The molecule has 0 radical (unpaired) electrons. The first-order chi connectivity index (χ1) is 10.2. The zero-order chi connectivity index (χ0) is 14.7. The maximum Gasteiger partial charge on any atom is 0.325 e. The van der Waals surface area contributed by atoms with Crippen LogP contribution in [0.3, 0.4) is 0 Å². The second kappa shape index (κ2) is 6.24. The van der Waals surface area contributed by atoms with Crippen molar-refractivity contribution in [1.82, 2.24) is 15.1 Å². The molecule has 2 heterocycles. The first-order valence-corrected chi connectivity index (χ1v) is 7.20. The number of morpholine rings is 1. The van der Waals surface area contributed by atoms with Crippen LogP contribution in [0, 0.1) is 0 Å². The lowest BCUT2D eigenvalue weighted by molar-refractivity contribution is -0.129. The molecule has 1 atom stereocenters. The van der Waals surface area contributed by atoms with Crippen molar-refractivity contribution in [3.63, 3.8) is 0 Å². The Labute approximate surface area is 123 Å². The maximum atomic E-state index is 12.4. The number of rotatable bonds is 4. The molecule has 2 aliphatic rings. The predicted molar refractivity (Wildman–Crippen MR) is 76.6 cm³/mol. The highest BCUT2D eigenvalue weighted by atomic mass is 16.5. The van der Waals surface area contributed by atoms with Crippen LogP contribution in [-0.2, 0) is 16.0 Å². The Balaban J connectivity index is 1.61. The summed E-state index contributed by atoms with van der Waals surface area (Å²) in [6.07, 6.45) is 0.533. The number of benzene rings is 1. The fourth-order valence-corrected chi connectivity index (χ4v) is 2.64. The molecule has 2 aliphatic heterocycles. The van der Waals surface area contributed by atoms with Crippen molar-refractivity contribution in [2.45, 2.75) is 12.5 Å². The summed E-state index contributed by atoms with van der Waals surface area (Å²) in [5.74, 6) is -0.143. The molecule has 1 aromatic carbocycles. The first kappa shape index (κ1) is 14.0. The smallest absolute Gasteiger partial charge is 0.325 e. The summed E-state index contributed by atoms with van der Waals surface area (Å²) in [6.45, 7) is 3.15. The van der Waals surface area contributed by atoms with Crippen LogP contribution in [0.2, 0.25) is 0 Å². The molecule has 2 fully saturated rings. The van der Waals surface area contributed by atoms with Gasteiger partial charge in [-0.1, -0.05) is 30.3 Å². The molecule has 2 saturated heterocycles. The SMILES string of the molecule is O=C1N[C@H](Cc2ccccc2)C(=O)N1CN1CCOCC1. The van der Waals surface area contributed by atoms with Crippen molar-refractivity contribution in [3.8, 4) is 0 Å². The largest absolute Gasteiger partial charge is 0.379 e. The number of carbonyl (C=O) groups excluding carboxylic acids is 2. The van der Waals surface area contributed by atoms with Gasteiger partial charge in [-0.3, -0.25) is 9.69 Å². The Morgan fingerprint density at radius 2 is 1.86 bits per heavy atom. The molecule has 0 unspecified atom stereocenters. The Morgan fingerprint density at radius 1 is 1.14 bits per heavy atom. The number of ether oxygens (including phenoxy) is 1. The van der Waals surface area contributed by atoms with Gasteiger partial charge in [0.25, 0.3) is 5.91 Å². The van der Waals surface area contributed by atoms with Gasteiger partial charge in [-0.2, -0.15) is 0 Å². The Hall–Kier alpha value is -1.92. The van der Waals surface area contributed by atoms with Gasteiger partial charge in [-0.05, 0) is 5.56 Å². The average Bonchev–Trinajstić information content (AvgIpc) is 2.77. The molecule has 0 aliphatic carbocycles. The number of nitrogens with zero attached hydrogens (tertiary/aromatic N) is 2. The molecular formula is C15H19N3O3. The quantitative estimate of drug-likeness (QED) is 0.817. The molecule has 21 heavy (non-hydrogen) atoms. The minimum atomic E-state index is -0.457. The van der Waals surface area contributed by atoms with Crippen LogP contribution < -0.4 is 5.32 Å². The second-order valence-electron chi connectivity index (χ2n) is 5.33. The Kier molecular flexibility index (Phi) is 4.17. The molecule has 0 saturated carbocycles. The third-order valence-corrected chi connectivity index (χ3v) is 3.83. The summed E-state index contributed by atoms with van der Waals surface area (Å²) >= 11 is 0. The third-order valence-electron chi connectivity index (χ3n) is 3.83. The van der Waals surface area contributed by atoms with Crippen LogP contribution in [-0.4, -0.2) is 60.8 Å². The van der Waals surface area contributed by atoms with E-state index in [1.54, 1.807) is 0 Å². The molecule has 0 spiro atoms. The van der Waals surface area contributed by atoms with Crippen LogP contribution in [0.1, 0.15) is 5.56 Å².